The number of cyclic esters (lactones) is 1. The van der Waals surface area contributed by atoms with Crippen molar-refractivity contribution in [3.63, 3.8) is 0 Å². The summed E-state index contributed by atoms with van der Waals surface area (Å²) in [6.07, 6.45) is 4.95. The minimum Gasteiger partial charge on any atom is -0.465 e. The van der Waals surface area contributed by atoms with Crippen molar-refractivity contribution in [2.45, 2.75) is 46.0 Å². The zero-order chi connectivity index (χ0) is 11.8. The van der Waals surface area contributed by atoms with Crippen LogP contribution in [0.15, 0.2) is 10.6 Å². The van der Waals surface area contributed by atoms with Gasteiger partial charge in [0.2, 0.25) is 0 Å². The molecule has 1 spiro atoms. The van der Waals surface area contributed by atoms with Gasteiger partial charge in [0.15, 0.2) is 0 Å². The Balaban J connectivity index is 2.16. The molecule has 90 valence electrons. The van der Waals surface area contributed by atoms with E-state index < -0.39 is 0 Å². The molecule has 0 N–H and O–H groups in total. The van der Waals surface area contributed by atoms with E-state index in [1.54, 1.807) is 0 Å². The van der Waals surface area contributed by atoms with Gasteiger partial charge in [0, 0.05) is 5.03 Å². The molecule has 2 nitrogen and oxygen atoms in total. The molecule has 2 fully saturated rings. The first-order valence-corrected chi connectivity index (χ1v) is 6.43. The van der Waals surface area contributed by atoms with E-state index in [0.29, 0.717) is 12.5 Å². The number of carbonyl (C=O) groups excluding carboxylic acids is 1. The summed E-state index contributed by atoms with van der Waals surface area (Å²) >= 11 is 6.33. The predicted molar refractivity (Wildman–Crippen MR) is 64.2 cm³/mol. The Hall–Kier alpha value is -0.500. The van der Waals surface area contributed by atoms with E-state index in [0.717, 1.165) is 37.1 Å². The average molecular weight is 243 g/mol. The second kappa shape index (κ2) is 4.40. The Morgan fingerprint density at radius 1 is 1.44 bits per heavy atom. The fourth-order valence-corrected chi connectivity index (χ4v) is 3.18. The number of hydrogen-bond acceptors (Lipinski definition) is 2. The maximum absolute atomic E-state index is 11.8. The number of rotatable bonds is 1. The molecule has 1 aliphatic heterocycles. The fraction of sp³-hybridized carbons (Fsp3) is 0.769. The van der Waals surface area contributed by atoms with Gasteiger partial charge in [-0.2, -0.15) is 0 Å². The Labute approximate surface area is 102 Å². The molecule has 2 atom stereocenters. The maximum atomic E-state index is 11.8. The molecule has 2 rings (SSSR count). The highest BCUT2D eigenvalue weighted by Gasteiger charge is 2.47. The zero-order valence-corrected chi connectivity index (χ0v) is 10.8. The molecule has 0 amide bonds. The molecular weight excluding hydrogens is 224 g/mol. The monoisotopic (exact) mass is 242 g/mol. The SMILES string of the molecule is CC(C)=C(Cl)C1CCCC2(CCOC2=O)C1. The van der Waals surface area contributed by atoms with Gasteiger partial charge in [0.25, 0.3) is 0 Å². The van der Waals surface area contributed by atoms with Crippen LogP contribution < -0.4 is 0 Å². The Kier molecular flexibility index (Phi) is 3.29. The van der Waals surface area contributed by atoms with Crippen LogP contribution in [0.5, 0.6) is 0 Å². The smallest absolute Gasteiger partial charge is 0.312 e. The minimum absolute atomic E-state index is 0.00965. The van der Waals surface area contributed by atoms with Crippen molar-refractivity contribution in [1.29, 1.82) is 0 Å². The van der Waals surface area contributed by atoms with Crippen LogP contribution in [0.4, 0.5) is 0 Å². The first kappa shape index (κ1) is 12.0. The molecule has 16 heavy (non-hydrogen) atoms. The van der Waals surface area contributed by atoms with Gasteiger partial charge in [0.05, 0.1) is 12.0 Å². The summed E-state index contributed by atoms with van der Waals surface area (Å²) in [6, 6.07) is 0. The van der Waals surface area contributed by atoms with Crippen LogP contribution in [-0.4, -0.2) is 12.6 Å². The van der Waals surface area contributed by atoms with Gasteiger partial charge in [-0.3, -0.25) is 4.79 Å². The van der Waals surface area contributed by atoms with Gasteiger partial charge < -0.3 is 4.74 Å². The van der Waals surface area contributed by atoms with Gasteiger partial charge >= 0.3 is 5.97 Å². The zero-order valence-electron chi connectivity index (χ0n) is 10.0. The van der Waals surface area contributed by atoms with Crippen molar-refractivity contribution in [2.24, 2.45) is 11.3 Å². The first-order valence-electron chi connectivity index (χ1n) is 6.05. The molecule has 0 bridgehead atoms. The highest BCUT2D eigenvalue weighted by atomic mass is 35.5. The summed E-state index contributed by atoms with van der Waals surface area (Å²) in [5.41, 5.74) is 0.966. The molecule has 1 aliphatic carbocycles. The largest absolute Gasteiger partial charge is 0.465 e. The van der Waals surface area contributed by atoms with Crippen molar-refractivity contribution < 1.29 is 9.53 Å². The van der Waals surface area contributed by atoms with Crippen molar-refractivity contribution >= 4 is 17.6 Å². The average Bonchev–Trinajstić information content (AvgIpc) is 2.59. The third-order valence-corrected chi connectivity index (χ3v) is 4.61. The van der Waals surface area contributed by atoms with E-state index in [-0.39, 0.29) is 11.4 Å². The summed E-state index contributed by atoms with van der Waals surface area (Å²) in [6.45, 7) is 4.67. The number of esters is 1. The van der Waals surface area contributed by atoms with E-state index >= 15 is 0 Å². The molecule has 1 saturated carbocycles. The second-order valence-electron chi connectivity index (χ2n) is 5.31. The first-order chi connectivity index (χ1) is 7.55. The highest BCUT2D eigenvalue weighted by Crippen LogP contribution is 2.48. The van der Waals surface area contributed by atoms with Crippen LogP contribution >= 0.6 is 11.6 Å². The van der Waals surface area contributed by atoms with Crippen molar-refractivity contribution in [1.82, 2.24) is 0 Å². The van der Waals surface area contributed by atoms with Crippen LogP contribution in [0.2, 0.25) is 0 Å². The van der Waals surface area contributed by atoms with E-state index in [9.17, 15) is 4.79 Å². The van der Waals surface area contributed by atoms with Gasteiger partial charge in [-0.05, 0) is 45.4 Å². The van der Waals surface area contributed by atoms with E-state index in [4.69, 9.17) is 16.3 Å². The molecule has 1 saturated heterocycles. The molecule has 0 aromatic heterocycles. The Morgan fingerprint density at radius 3 is 2.75 bits per heavy atom. The standard InChI is InChI=1S/C13H19ClO2/c1-9(2)11(14)10-4-3-5-13(8-10)6-7-16-12(13)15/h10H,3-8H2,1-2H3. The number of ether oxygens (including phenoxy) is 1. The van der Waals surface area contributed by atoms with Crippen LogP contribution in [0.1, 0.15) is 46.0 Å². The van der Waals surface area contributed by atoms with Gasteiger partial charge in [-0.1, -0.05) is 23.6 Å². The number of halogens is 1. The van der Waals surface area contributed by atoms with Crippen LogP contribution in [0, 0.1) is 11.3 Å². The molecule has 1 heterocycles. The maximum Gasteiger partial charge on any atom is 0.312 e. The predicted octanol–water partition coefficient (Wildman–Crippen LogP) is 3.64. The number of carbonyl (C=O) groups is 1. The van der Waals surface area contributed by atoms with Crippen molar-refractivity contribution in [3.8, 4) is 0 Å². The third-order valence-electron chi connectivity index (χ3n) is 3.93. The van der Waals surface area contributed by atoms with Gasteiger partial charge in [-0.25, -0.2) is 0 Å². The lowest BCUT2D eigenvalue weighted by Crippen LogP contribution is -2.33. The molecular formula is C13H19ClO2. The number of hydrogen-bond donors (Lipinski definition) is 0. The lowest BCUT2D eigenvalue weighted by Gasteiger charge is -2.34. The highest BCUT2D eigenvalue weighted by molar-refractivity contribution is 6.30. The van der Waals surface area contributed by atoms with Crippen LogP contribution in [0.3, 0.4) is 0 Å². The summed E-state index contributed by atoms with van der Waals surface area (Å²) in [4.78, 5) is 11.8. The summed E-state index contributed by atoms with van der Waals surface area (Å²) < 4.78 is 5.14. The summed E-state index contributed by atoms with van der Waals surface area (Å²) in [5, 5.41) is 0.957. The summed E-state index contributed by atoms with van der Waals surface area (Å²) in [7, 11) is 0. The summed E-state index contributed by atoms with van der Waals surface area (Å²) in [5.74, 6) is 0.376. The molecule has 0 aromatic carbocycles. The van der Waals surface area contributed by atoms with Gasteiger partial charge in [0.1, 0.15) is 0 Å². The van der Waals surface area contributed by atoms with Gasteiger partial charge in [-0.15, -0.1) is 0 Å². The Morgan fingerprint density at radius 2 is 2.19 bits per heavy atom. The quantitative estimate of drug-likeness (QED) is 0.657. The fourth-order valence-electron chi connectivity index (χ4n) is 2.99. The third kappa shape index (κ3) is 2.00. The lowest BCUT2D eigenvalue weighted by atomic mass is 9.68. The molecule has 2 unspecified atom stereocenters. The molecule has 0 radical (unpaired) electrons. The minimum atomic E-state index is -0.210. The molecule has 0 aromatic rings. The van der Waals surface area contributed by atoms with E-state index in [1.165, 1.54) is 5.57 Å². The second-order valence-corrected chi connectivity index (χ2v) is 5.71. The van der Waals surface area contributed by atoms with Crippen LogP contribution in [0.25, 0.3) is 0 Å². The topological polar surface area (TPSA) is 26.3 Å². The van der Waals surface area contributed by atoms with Crippen molar-refractivity contribution in [3.05, 3.63) is 10.6 Å². The van der Waals surface area contributed by atoms with Crippen molar-refractivity contribution in [2.75, 3.05) is 6.61 Å². The Bertz CT molecular complexity index is 331. The van der Waals surface area contributed by atoms with Crippen LogP contribution in [-0.2, 0) is 9.53 Å². The molecule has 3 heteroatoms. The number of allylic oxidation sites excluding steroid dienone is 2. The van der Waals surface area contributed by atoms with E-state index in [1.807, 2.05) is 13.8 Å². The van der Waals surface area contributed by atoms with E-state index in [2.05, 4.69) is 0 Å². The molecule has 2 aliphatic rings. The lowest BCUT2D eigenvalue weighted by molar-refractivity contribution is -0.148. The normalized spacial score (nSPS) is 33.9.